The molecule has 0 aliphatic carbocycles. The van der Waals surface area contributed by atoms with Crippen LogP contribution in [0.4, 0.5) is 5.95 Å². The van der Waals surface area contributed by atoms with Crippen molar-refractivity contribution in [3.05, 3.63) is 11.8 Å². The molecule has 3 rings (SSSR count). The molecule has 2 aromatic heterocycles. The molecule has 0 bridgehead atoms. The lowest BCUT2D eigenvalue weighted by Gasteiger charge is -2.30. The van der Waals surface area contributed by atoms with Crippen molar-refractivity contribution in [2.45, 2.75) is 52.6 Å². The number of aromatic nitrogens is 5. The molecule has 1 saturated heterocycles. The Morgan fingerprint density at radius 1 is 1.38 bits per heavy atom. The lowest BCUT2D eigenvalue weighted by molar-refractivity contribution is 0.187. The minimum Gasteiger partial charge on any atom is -0.379 e. The molecule has 3 heterocycles. The van der Waals surface area contributed by atoms with E-state index in [4.69, 9.17) is 4.74 Å². The molecule has 1 aliphatic rings. The minimum absolute atomic E-state index is 0.276. The highest BCUT2D eigenvalue weighted by atomic mass is 16.5. The number of ether oxygens (including phenoxy) is 1. The van der Waals surface area contributed by atoms with Crippen LogP contribution >= 0.6 is 0 Å². The molecule has 0 N–H and O–H groups in total. The van der Waals surface area contributed by atoms with Gasteiger partial charge in [0.25, 0.3) is 0 Å². The summed E-state index contributed by atoms with van der Waals surface area (Å²) >= 11 is 0. The van der Waals surface area contributed by atoms with Crippen LogP contribution in [0.15, 0.2) is 6.07 Å². The zero-order valence-electron chi connectivity index (χ0n) is 15.4. The van der Waals surface area contributed by atoms with Crippen LogP contribution < -0.4 is 4.90 Å². The monoisotopic (exact) mass is 332 g/mol. The summed E-state index contributed by atoms with van der Waals surface area (Å²) in [4.78, 5) is 2.33. The highest BCUT2D eigenvalue weighted by molar-refractivity contribution is 5.55. The Morgan fingerprint density at radius 3 is 2.71 bits per heavy atom. The van der Waals surface area contributed by atoms with Crippen LogP contribution in [0.3, 0.4) is 0 Å². The second-order valence-electron chi connectivity index (χ2n) is 6.55. The molecule has 7 heteroatoms. The van der Waals surface area contributed by atoms with Gasteiger partial charge in [0.05, 0.1) is 18.3 Å². The van der Waals surface area contributed by atoms with Gasteiger partial charge in [-0.1, -0.05) is 6.92 Å². The van der Waals surface area contributed by atoms with Gasteiger partial charge in [-0.2, -0.15) is 5.10 Å². The van der Waals surface area contributed by atoms with Crippen molar-refractivity contribution in [2.24, 2.45) is 7.05 Å². The maximum Gasteiger partial charge on any atom is 0.228 e. The lowest BCUT2D eigenvalue weighted by Crippen LogP contribution is -2.35. The number of aryl methyl sites for hydroxylation is 2. The van der Waals surface area contributed by atoms with Crippen LogP contribution in [0.2, 0.25) is 0 Å². The summed E-state index contributed by atoms with van der Waals surface area (Å²) in [5, 5.41) is 13.6. The molecule has 0 aromatic carbocycles. The molecule has 0 spiro atoms. The summed E-state index contributed by atoms with van der Waals surface area (Å²) in [5.41, 5.74) is 1.99. The molecular weight excluding hydrogens is 304 g/mol. The Hall–Kier alpha value is -1.89. The summed E-state index contributed by atoms with van der Waals surface area (Å²) in [6.07, 6.45) is 2.06. The van der Waals surface area contributed by atoms with Crippen LogP contribution in [0.5, 0.6) is 0 Å². The van der Waals surface area contributed by atoms with E-state index in [1.54, 1.807) is 0 Å². The van der Waals surface area contributed by atoms with Crippen molar-refractivity contribution in [2.75, 3.05) is 24.7 Å². The highest BCUT2D eigenvalue weighted by Gasteiger charge is 2.29. The molecular formula is C17H28N6O. The summed E-state index contributed by atoms with van der Waals surface area (Å²) < 4.78 is 9.79. The molecule has 2 aromatic rings. The normalized spacial score (nSPS) is 19.0. The van der Waals surface area contributed by atoms with Gasteiger partial charge in [0, 0.05) is 26.2 Å². The zero-order valence-corrected chi connectivity index (χ0v) is 15.4. The predicted molar refractivity (Wildman–Crippen MR) is 94.2 cm³/mol. The fourth-order valence-electron chi connectivity index (χ4n) is 3.41. The highest BCUT2D eigenvalue weighted by Crippen LogP contribution is 2.32. The van der Waals surface area contributed by atoms with Crippen molar-refractivity contribution >= 4 is 5.95 Å². The lowest BCUT2D eigenvalue weighted by atomic mass is 10.2. The van der Waals surface area contributed by atoms with Crippen LogP contribution in [0.25, 0.3) is 11.5 Å². The number of hydrogen-bond donors (Lipinski definition) is 0. The number of rotatable bonds is 6. The first-order valence-corrected chi connectivity index (χ1v) is 8.87. The van der Waals surface area contributed by atoms with Gasteiger partial charge >= 0.3 is 0 Å². The first-order chi connectivity index (χ1) is 11.6. The first-order valence-electron chi connectivity index (χ1n) is 8.87. The van der Waals surface area contributed by atoms with Gasteiger partial charge in [-0.15, -0.1) is 10.2 Å². The molecule has 2 unspecified atom stereocenters. The van der Waals surface area contributed by atoms with E-state index in [0.717, 1.165) is 49.2 Å². The average molecular weight is 332 g/mol. The summed E-state index contributed by atoms with van der Waals surface area (Å²) in [5.74, 6) is 1.82. The maximum atomic E-state index is 5.65. The third-order valence-corrected chi connectivity index (χ3v) is 4.90. The molecule has 24 heavy (non-hydrogen) atoms. The van der Waals surface area contributed by atoms with Gasteiger partial charge in [-0.05, 0) is 39.7 Å². The van der Waals surface area contributed by atoms with Gasteiger partial charge in [0.2, 0.25) is 5.95 Å². The summed E-state index contributed by atoms with van der Waals surface area (Å²) in [7, 11) is 1.96. The van der Waals surface area contributed by atoms with Crippen molar-refractivity contribution in [3.8, 4) is 11.5 Å². The number of anilines is 1. The van der Waals surface area contributed by atoms with Crippen molar-refractivity contribution < 1.29 is 4.74 Å². The topological polar surface area (TPSA) is 61.0 Å². The first kappa shape index (κ1) is 17.0. The van der Waals surface area contributed by atoms with Crippen molar-refractivity contribution in [1.29, 1.82) is 0 Å². The standard InChI is InChI=1S/C17H28N6O/c1-6-13(4)22(7-2)17-19-18-16(15-10-12(3)20-21(15)5)23(17)14-8-9-24-11-14/h10,13-14H,6-9,11H2,1-5H3. The maximum absolute atomic E-state index is 5.65. The zero-order chi connectivity index (χ0) is 17.3. The van der Waals surface area contributed by atoms with E-state index in [9.17, 15) is 0 Å². The number of hydrogen-bond acceptors (Lipinski definition) is 5. The summed E-state index contributed by atoms with van der Waals surface area (Å²) in [6.45, 7) is 11.0. The minimum atomic E-state index is 0.276. The smallest absolute Gasteiger partial charge is 0.228 e. The summed E-state index contributed by atoms with van der Waals surface area (Å²) in [6, 6.07) is 2.76. The van der Waals surface area contributed by atoms with Crippen LogP contribution in [-0.2, 0) is 11.8 Å². The van der Waals surface area contributed by atoms with Crippen molar-refractivity contribution in [3.63, 3.8) is 0 Å². The van der Waals surface area contributed by atoms with E-state index in [1.165, 1.54) is 0 Å². The Bertz CT molecular complexity index is 685. The molecule has 1 fully saturated rings. The predicted octanol–water partition coefficient (Wildman–Crippen LogP) is 2.57. The quantitative estimate of drug-likeness (QED) is 0.813. The Labute approximate surface area is 143 Å². The molecule has 2 atom stereocenters. The average Bonchev–Trinajstić information content (AvgIpc) is 3.27. The van der Waals surface area contributed by atoms with Gasteiger partial charge in [-0.3, -0.25) is 9.25 Å². The third kappa shape index (κ3) is 2.92. The fourth-order valence-corrected chi connectivity index (χ4v) is 3.41. The molecule has 1 aliphatic heterocycles. The van der Waals surface area contributed by atoms with Gasteiger partial charge in [0.1, 0.15) is 5.69 Å². The van der Waals surface area contributed by atoms with E-state index in [1.807, 2.05) is 18.7 Å². The second kappa shape index (κ2) is 6.93. The molecule has 0 radical (unpaired) electrons. The van der Waals surface area contributed by atoms with E-state index in [-0.39, 0.29) is 6.04 Å². The number of nitrogens with zero attached hydrogens (tertiary/aromatic N) is 6. The Balaban J connectivity index is 2.11. The van der Waals surface area contributed by atoms with E-state index < -0.39 is 0 Å². The van der Waals surface area contributed by atoms with Gasteiger partial charge < -0.3 is 9.64 Å². The van der Waals surface area contributed by atoms with E-state index in [2.05, 4.69) is 51.6 Å². The molecule has 0 amide bonds. The second-order valence-corrected chi connectivity index (χ2v) is 6.55. The largest absolute Gasteiger partial charge is 0.379 e. The van der Waals surface area contributed by atoms with E-state index >= 15 is 0 Å². The van der Waals surface area contributed by atoms with E-state index in [0.29, 0.717) is 12.6 Å². The van der Waals surface area contributed by atoms with Gasteiger partial charge in [0.15, 0.2) is 5.82 Å². The molecule has 132 valence electrons. The molecule has 7 nitrogen and oxygen atoms in total. The Morgan fingerprint density at radius 2 is 2.17 bits per heavy atom. The Kier molecular flexibility index (Phi) is 4.89. The van der Waals surface area contributed by atoms with Gasteiger partial charge in [-0.25, -0.2) is 0 Å². The fraction of sp³-hybridized carbons (Fsp3) is 0.706. The van der Waals surface area contributed by atoms with Crippen LogP contribution in [0, 0.1) is 6.92 Å². The SMILES string of the molecule is CCC(C)N(CC)c1nnc(-c2cc(C)nn2C)n1C1CCOC1. The van der Waals surface area contributed by atoms with Crippen LogP contribution in [-0.4, -0.2) is 50.3 Å². The molecule has 0 saturated carbocycles. The van der Waals surface area contributed by atoms with Crippen molar-refractivity contribution in [1.82, 2.24) is 24.5 Å². The van der Waals surface area contributed by atoms with Crippen LogP contribution in [0.1, 0.15) is 45.3 Å². The third-order valence-electron chi connectivity index (χ3n) is 4.90.